The Balaban J connectivity index is 1.27. The SMILES string of the molecule is CCc1nc(-c2ccc(N3CCN(C(C)C)CC3)cc2)nc2c1CCN2CCCN1CCOCC1. The van der Waals surface area contributed by atoms with Crippen molar-refractivity contribution in [2.24, 2.45) is 0 Å². The summed E-state index contributed by atoms with van der Waals surface area (Å²) >= 11 is 0. The summed E-state index contributed by atoms with van der Waals surface area (Å²) in [5, 5.41) is 0. The number of aryl methyl sites for hydroxylation is 1. The van der Waals surface area contributed by atoms with Crippen LogP contribution in [0.4, 0.5) is 11.5 Å². The lowest BCUT2D eigenvalue weighted by Crippen LogP contribution is -2.48. The van der Waals surface area contributed by atoms with Crippen molar-refractivity contribution in [1.29, 1.82) is 0 Å². The Morgan fingerprint density at radius 3 is 2.31 bits per heavy atom. The van der Waals surface area contributed by atoms with Crippen LogP contribution in [0.1, 0.15) is 38.4 Å². The molecule has 3 aliphatic heterocycles. The third kappa shape index (κ3) is 5.63. The molecule has 7 heteroatoms. The Morgan fingerprint density at radius 2 is 1.63 bits per heavy atom. The number of hydrogen-bond acceptors (Lipinski definition) is 7. The smallest absolute Gasteiger partial charge is 0.161 e. The highest BCUT2D eigenvalue weighted by molar-refractivity contribution is 5.65. The van der Waals surface area contributed by atoms with Gasteiger partial charge in [0.05, 0.1) is 13.2 Å². The third-order valence-corrected chi connectivity index (χ3v) is 7.88. The lowest BCUT2D eigenvalue weighted by atomic mass is 10.1. The molecular weight excluding hydrogens is 436 g/mol. The summed E-state index contributed by atoms with van der Waals surface area (Å²) < 4.78 is 5.49. The Hall–Kier alpha value is -2.22. The fraction of sp³-hybridized carbons (Fsp3) is 0.643. The zero-order valence-electron chi connectivity index (χ0n) is 21.9. The highest BCUT2D eigenvalue weighted by Crippen LogP contribution is 2.32. The number of aromatic nitrogens is 2. The van der Waals surface area contributed by atoms with Crippen molar-refractivity contribution in [2.75, 3.05) is 81.9 Å². The quantitative estimate of drug-likeness (QED) is 0.577. The molecule has 3 aliphatic rings. The van der Waals surface area contributed by atoms with E-state index < -0.39 is 0 Å². The van der Waals surface area contributed by atoms with E-state index in [9.17, 15) is 0 Å². The minimum absolute atomic E-state index is 0.628. The molecule has 0 spiro atoms. The van der Waals surface area contributed by atoms with Gasteiger partial charge in [0.1, 0.15) is 5.82 Å². The first-order valence-electron chi connectivity index (χ1n) is 13.7. The van der Waals surface area contributed by atoms with Crippen LogP contribution in [0.15, 0.2) is 24.3 Å². The van der Waals surface area contributed by atoms with E-state index in [1.54, 1.807) is 0 Å². The number of anilines is 2. The Bertz CT molecular complexity index is 964. The first kappa shape index (κ1) is 24.5. The van der Waals surface area contributed by atoms with Crippen LogP contribution in [-0.2, 0) is 17.6 Å². The van der Waals surface area contributed by atoms with E-state index in [1.807, 2.05) is 0 Å². The number of ether oxygens (including phenoxy) is 1. The normalized spacial score (nSPS) is 19.5. The molecule has 2 fully saturated rings. The van der Waals surface area contributed by atoms with Gasteiger partial charge in [0.25, 0.3) is 0 Å². The fourth-order valence-corrected chi connectivity index (χ4v) is 5.65. The summed E-state index contributed by atoms with van der Waals surface area (Å²) in [6.07, 6.45) is 3.19. The topological polar surface area (TPSA) is 48.0 Å². The summed E-state index contributed by atoms with van der Waals surface area (Å²) in [6.45, 7) is 18.4. The average Bonchev–Trinajstić information content (AvgIpc) is 3.32. The predicted octanol–water partition coefficient (Wildman–Crippen LogP) is 3.32. The minimum atomic E-state index is 0.628. The second-order valence-corrected chi connectivity index (χ2v) is 10.4. The van der Waals surface area contributed by atoms with E-state index in [0.717, 1.165) is 96.3 Å². The first-order valence-corrected chi connectivity index (χ1v) is 13.7. The Kier molecular flexibility index (Phi) is 7.85. The van der Waals surface area contributed by atoms with Crippen molar-refractivity contribution in [3.63, 3.8) is 0 Å². The molecule has 0 unspecified atom stereocenters. The van der Waals surface area contributed by atoms with E-state index in [4.69, 9.17) is 14.7 Å². The molecule has 1 aromatic carbocycles. The van der Waals surface area contributed by atoms with E-state index >= 15 is 0 Å². The molecule has 0 amide bonds. The number of rotatable bonds is 8. The number of benzene rings is 1. The van der Waals surface area contributed by atoms with E-state index in [0.29, 0.717) is 6.04 Å². The van der Waals surface area contributed by atoms with Crippen molar-refractivity contribution in [3.8, 4) is 11.4 Å². The van der Waals surface area contributed by atoms with Crippen LogP contribution < -0.4 is 9.80 Å². The van der Waals surface area contributed by atoms with Crippen LogP contribution in [0.3, 0.4) is 0 Å². The molecule has 0 bridgehead atoms. The van der Waals surface area contributed by atoms with Crippen LogP contribution in [0.25, 0.3) is 11.4 Å². The molecule has 0 aliphatic carbocycles. The molecule has 4 heterocycles. The molecule has 2 aromatic rings. The summed E-state index contributed by atoms with van der Waals surface area (Å²) in [6, 6.07) is 9.56. The van der Waals surface area contributed by atoms with E-state index in [2.05, 4.69) is 64.6 Å². The summed E-state index contributed by atoms with van der Waals surface area (Å²) in [7, 11) is 0. The van der Waals surface area contributed by atoms with E-state index in [-0.39, 0.29) is 0 Å². The van der Waals surface area contributed by atoms with Gasteiger partial charge in [-0.2, -0.15) is 0 Å². The maximum absolute atomic E-state index is 5.49. The average molecular weight is 479 g/mol. The fourth-order valence-electron chi connectivity index (χ4n) is 5.65. The standard InChI is InChI=1S/C28H42N6O/c1-4-26-25-10-13-34(12-5-11-31-18-20-35-21-19-31)28(25)30-27(29-26)23-6-8-24(9-7-23)33-16-14-32(15-17-33)22(2)3/h6-9,22H,4-5,10-21H2,1-3H3. The van der Waals surface area contributed by atoms with Crippen LogP contribution in [0.5, 0.6) is 0 Å². The molecule has 190 valence electrons. The van der Waals surface area contributed by atoms with Gasteiger partial charge in [-0.15, -0.1) is 0 Å². The maximum atomic E-state index is 5.49. The Labute approximate surface area is 211 Å². The van der Waals surface area contributed by atoms with Crippen LogP contribution in [0, 0.1) is 0 Å². The third-order valence-electron chi connectivity index (χ3n) is 7.88. The number of hydrogen-bond donors (Lipinski definition) is 0. The van der Waals surface area contributed by atoms with Crippen LogP contribution >= 0.6 is 0 Å². The highest BCUT2D eigenvalue weighted by atomic mass is 16.5. The van der Waals surface area contributed by atoms with Gasteiger partial charge in [0, 0.05) is 87.5 Å². The van der Waals surface area contributed by atoms with Crippen molar-refractivity contribution >= 4 is 11.5 Å². The first-order chi connectivity index (χ1) is 17.1. The van der Waals surface area contributed by atoms with Gasteiger partial charge in [-0.05, 0) is 57.4 Å². The van der Waals surface area contributed by atoms with Crippen LogP contribution in [-0.4, -0.2) is 97.9 Å². The predicted molar refractivity (Wildman–Crippen MR) is 144 cm³/mol. The Morgan fingerprint density at radius 1 is 0.886 bits per heavy atom. The van der Waals surface area contributed by atoms with Gasteiger partial charge < -0.3 is 14.5 Å². The molecule has 7 nitrogen and oxygen atoms in total. The molecule has 0 N–H and O–H groups in total. The zero-order chi connectivity index (χ0) is 24.2. The number of morpholine rings is 1. The molecule has 2 saturated heterocycles. The number of nitrogens with zero attached hydrogens (tertiary/aromatic N) is 6. The summed E-state index contributed by atoms with van der Waals surface area (Å²) in [5.41, 5.74) is 5.00. The maximum Gasteiger partial charge on any atom is 0.161 e. The highest BCUT2D eigenvalue weighted by Gasteiger charge is 2.26. The van der Waals surface area contributed by atoms with Gasteiger partial charge in [-0.1, -0.05) is 6.92 Å². The van der Waals surface area contributed by atoms with Gasteiger partial charge in [0.2, 0.25) is 0 Å². The molecular formula is C28H42N6O. The van der Waals surface area contributed by atoms with Gasteiger partial charge >= 0.3 is 0 Å². The van der Waals surface area contributed by atoms with Crippen molar-refractivity contribution in [3.05, 3.63) is 35.5 Å². The lowest BCUT2D eigenvalue weighted by Gasteiger charge is -2.38. The molecule has 1 aromatic heterocycles. The second kappa shape index (κ2) is 11.2. The monoisotopic (exact) mass is 478 g/mol. The second-order valence-electron chi connectivity index (χ2n) is 10.4. The van der Waals surface area contributed by atoms with Crippen molar-refractivity contribution < 1.29 is 4.74 Å². The summed E-state index contributed by atoms with van der Waals surface area (Å²) in [5.74, 6) is 2.04. The van der Waals surface area contributed by atoms with Gasteiger partial charge in [0.15, 0.2) is 5.82 Å². The van der Waals surface area contributed by atoms with Crippen molar-refractivity contribution in [1.82, 2.24) is 19.8 Å². The largest absolute Gasteiger partial charge is 0.379 e. The molecule has 0 atom stereocenters. The number of fused-ring (bicyclic) bond motifs is 1. The molecule has 0 saturated carbocycles. The zero-order valence-corrected chi connectivity index (χ0v) is 21.9. The summed E-state index contributed by atoms with van der Waals surface area (Å²) in [4.78, 5) is 20.2. The van der Waals surface area contributed by atoms with E-state index in [1.165, 1.54) is 29.2 Å². The molecule has 35 heavy (non-hydrogen) atoms. The lowest BCUT2D eigenvalue weighted by molar-refractivity contribution is 0.0376. The number of piperazine rings is 1. The minimum Gasteiger partial charge on any atom is -0.379 e. The molecule has 5 rings (SSSR count). The van der Waals surface area contributed by atoms with Gasteiger partial charge in [-0.3, -0.25) is 9.80 Å². The molecule has 0 radical (unpaired) electrons. The van der Waals surface area contributed by atoms with Crippen molar-refractivity contribution in [2.45, 2.75) is 46.1 Å². The van der Waals surface area contributed by atoms with Crippen LogP contribution in [0.2, 0.25) is 0 Å². The van der Waals surface area contributed by atoms with Gasteiger partial charge in [-0.25, -0.2) is 9.97 Å².